The van der Waals surface area contributed by atoms with Crippen LogP contribution >= 0.6 is 0 Å². The topological polar surface area (TPSA) is 89.9 Å². The number of hydrogen-bond donors (Lipinski definition) is 1. The molecule has 6 heteroatoms. The van der Waals surface area contributed by atoms with Crippen molar-refractivity contribution >= 4 is 17.7 Å². The third kappa shape index (κ3) is 4.59. The van der Waals surface area contributed by atoms with E-state index in [4.69, 9.17) is 9.47 Å². The van der Waals surface area contributed by atoms with E-state index in [0.29, 0.717) is 0 Å². The lowest BCUT2D eigenvalue weighted by molar-refractivity contribution is -0.161. The third-order valence-corrected chi connectivity index (χ3v) is 2.60. The quantitative estimate of drug-likeness (QED) is 0.520. The number of carbonyl (C=O) groups is 3. The number of phenols is 1. The molecule has 0 aliphatic carbocycles. The molecule has 6 nitrogen and oxygen atoms in total. The van der Waals surface area contributed by atoms with E-state index in [1.165, 1.54) is 25.1 Å². The number of ether oxygens (including phenoxy) is 2. The van der Waals surface area contributed by atoms with E-state index in [9.17, 15) is 19.5 Å². The van der Waals surface area contributed by atoms with E-state index in [-0.39, 0.29) is 22.7 Å². The Morgan fingerprint density at radius 1 is 1.14 bits per heavy atom. The molecular weight excluding hydrogens is 276 g/mol. The normalized spacial score (nSPS) is 10.9. The number of hydrogen-bond acceptors (Lipinski definition) is 6. The molecule has 0 amide bonds. The molecule has 0 fully saturated rings. The highest BCUT2D eigenvalue weighted by Crippen LogP contribution is 2.20. The van der Waals surface area contributed by atoms with Crippen LogP contribution in [-0.2, 0) is 14.3 Å². The zero-order valence-electron chi connectivity index (χ0n) is 12.4. The summed E-state index contributed by atoms with van der Waals surface area (Å²) in [5, 5.41) is 9.48. The smallest absolute Gasteiger partial charge is 0.341 e. The van der Waals surface area contributed by atoms with E-state index in [0.717, 1.165) is 0 Å². The molecule has 0 heterocycles. The summed E-state index contributed by atoms with van der Waals surface area (Å²) in [6.07, 6.45) is 0. The van der Waals surface area contributed by atoms with E-state index >= 15 is 0 Å². The van der Waals surface area contributed by atoms with Crippen LogP contribution in [-0.4, -0.2) is 29.6 Å². The second-order valence-electron chi connectivity index (χ2n) is 5.52. The van der Waals surface area contributed by atoms with Crippen LogP contribution in [0.25, 0.3) is 0 Å². The monoisotopic (exact) mass is 294 g/mol. The largest absolute Gasteiger partial charge is 0.507 e. The highest BCUT2D eigenvalue weighted by atomic mass is 16.7. The van der Waals surface area contributed by atoms with E-state index in [2.05, 4.69) is 0 Å². The van der Waals surface area contributed by atoms with Crippen LogP contribution in [0.4, 0.5) is 0 Å². The van der Waals surface area contributed by atoms with Gasteiger partial charge in [0.05, 0.1) is 16.5 Å². The first-order valence-corrected chi connectivity index (χ1v) is 6.31. The van der Waals surface area contributed by atoms with Crippen LogP contribution < -0.4 is 0 Å². The molecule has 1 aromatic carbocycles. The molecule has 0 unspecified atom stereocenters. The van der Waals surface area contributed by atoms with Crippen molar-refractivity contribution in [1.82, 2.24) is 0 Å². The van der Waals surface area contributed by atoms with Gasteiger partial charge in [0.1, 0.15) is 5.75 Å². The summed E-state index contributed by atoms with van der Waals surface area (Å²) in [5.41, 5.74) is -0.576. The van der Waals surface area contributed by atoms with Gasteiger partial charge in [0.2, 0.25) is 6.79 Å². The van der Waals surface area contributed by atoms with Crippen molar-refractivity contribution in [2.75, 3.05) is 6.79 Å². The van der Waals surface area contributed by atoms with Gasteiger partial charge in [-0.25, -0.2) is 4.79 Å². The van der Waals surface area contributed by atoms with Gasteiger partial charge >= 0.3 is 11.9 Å². The van der Waals surface area contributed by atoms with Crippen LogP contribution in [0.15, 0.2) is 18.2 Å². The Morgan fingerprint density at radius 2 is 1.76 bits per heavy atom. The molecule has 0 spiro atoms. The first-order chi connectivity index (χ1) is 9.62. The number of benzene rings is 1. The maximum absolute atomic E-state index is 11.8. The minimum absolute atomic E-state index is 0.0242. The minimum Gasteiger partial charge on any atom is -0.507 e. The summed E-state index contributed by atoms with van der Waals surface area (Å²) in [7, 11) is 0. The van der Waals surface area contributed by atoms with Gasteiger partial charge < -0.3 is 14.6 Å². The Balaban J connectivity index is 2.67. The third-order valence-electron chi connectivity index (χ3n) is 2.60. The van der Waals surface area contributed by atoms with Crippen molar-refractivity contribution in [2.45, 2.75) is 27.7 Å². The summed E-state index contributed by atoms with van der Waals surface area (Å²) >= 11 is 0. The van der Waals surface area contributed by atoms with Crippen LogP contribution in [0.1, 0.15) is 48.4 Å². The molecule has 1 aromatic rings. The van der Waals surface area contributed by atoms with Crippen LogP contribution in [0.5, 0.6) is 5.75 Å². The van der Waals surface area contributed by atoms with Crippen molar-refractivity contribution in [1.29, 1.82) is 0 Å². The van der Waals surface area contributed by atoms with E-state index in [1.807, 2.05) is 0 Å². The molecule has 1 rings (SSSR count). The van der Waals surface area contributed by atoms with Crippen LogP contribution in [0.2, 0.25) is 0 Å². The fourth-order valence-corrected chi connectivity index (χ4v) is 1.38. The summed E-state index contributed by atoms with van der Waals surface area (Å²) in [6, 6.07) is 3.77. The zero-order valence-corrected chi connectivity index (χ0v) is 12.4. The summed E-state index contributed by atoms with van der Waals surface area (Å²) in [6.45, 7) is 5.79. The number of ketones is 1. The number of esters is 2. The van der Waals surface area contributed by atoms with Gasteiger partial charge in [-0.1, -0.05) is 0 Å². The molecule has 0 radical (unpaired) electrons. The van der Waals surface area contributed by atoms with Crippen molar-refractivity contribution < 1.29 is 29.0 Å². The molecule has 0 saturated heterocycles. The summed E-state index contributed by atoms with van der Waals surface area (Å²) < 4.78 is 9.60. The Morgan fingerprint density at radius 3 is 2.29 bits per heavy atom. The van der Waals surface area contributed by atoms with Gasteiger partial charge in [0.25, 0.3) is 0 Å². The number of Topliss-reactive ketones (excluding diaryl/α,β-unsaturated/α-hetero) is 1. The first-order valence-electron chi connectivity index (χ1n) is 6.31. The average molecular weight is 294 g/mol. The van der Waals surface area contributed by atoms with Gasteiger partial charge in [0, 0.05) is 0 Å². The molecule has 0 aliphatic heterocycles. The number of carbonyl (C=O) groups excluding carboxylic acids is 3. The van der Waals surface area contributed by atoms with E-state index in [1.54, 1.807) is 20.8 Å². The molecule has 0 aromatic heterocycles. The average Bonchev–Trinajstić information content (AvgIpc) is 2.37. The molecule has 0 aliphatic rings. The van der Waals surface area contributed by atoms with Crippen LogP contribution in [0.3, 0.4) is 0 Å². The van der Waals surface area contributed by atoms with Crippen molar-refractivity contribution in [3.63, 3.8) is 0 Å². The van der Waals surface area contributed by atoms with E-state index < -0.39 is 24.1 Å². The van der Waals surface area contributed by atoms with Gasteiger partial charge in [-0.15, -0.1) is 0 Å². The predicted octanol–water partition coefficient (Wildman–Crippen LogP) is 2.30. The molecule has 21 heavy (non-hydrogen) atoms. The number of rotatable bonds is 4. The Kier molecular flexibility index (Phi) is 5.07. The van der Waals surface area contributed by atoms with Crippen molar-refractivity contribution in [3.8, 4) is 5.75 Å². The predicted molar refractivity (Wildman–Crippen MR) is 73.9 cm³/mol. The summed E-state index contributed by atoms with van der Waals surface area (Å²) in [5.74, 6) is -1.83. The maximum Gasteiger partial charge on any atom is 0.341 e. The standard InChI is InChI=1S/C15H18O6/c1-9(16)11-7-10(5-6-12(11)17)13(18)20-8-21-14(19)15(2,3)4/h5-7,17H,8H2,1-4H3. The Labute approximate surface area is 122 Å². The van der Waals surface area contributed by atoms with Crippen molar-refractivity contribution in [2.24, 2.45) is 5.41 Å². The molecule has 0 atom stereocenters. The molecular formula is C15H18O6. The second-order valence-corrected chi connectivity index (χ2v) is 5.52. The fourth-order valence-electron chi connectivity index (χ4n) is 1.38. The Hall–Kier alpha value is -2.37. The first kappa shape index (κ1) is 16.7. The van der Waals surface area contributed by atoms with Crippen LogP contribution in [0, 0.1) is 5.41 Å². The lowest BCUT2D eigenvalue weighted by atomic mass is 9.98. The molecule has 114 valence electrons. The van der Waals surface area contributed by atoms with Gasteiger partial charge in [-0.05, 0) is 45.9 Å². The zero-order chi connectivity index (χ0) is 16.2. The molecule has 1 N–H and O–H groups in total. The summed E-state index contributed by atoms with van der Waals surface area (Å²) in [4.78, 5) is 34.5. The fraction of sp³-hybridized carbons (Fsp3) is 0.400. The Bertz CT molecular complexity index is 568. The molecule has 0 saturated carbocycles. The highest BCUT2D eigenvalue weighted by Gasteiger charge is 2.23. The lowest BCUT2D eigenvalue weighted by Crippen LogP contribution is -2.24. The minimum atomic E-state index is -0.751. The molecule has 0 bridgehead atoms. The second kappa shape index (κ2) is 6.39. The van der Waals surface area contributed by atoms with Gasteiger partial charge in [0.15, 0.2) is 5.78 Å². The highest BCUT2D eigenvalue weighted by molar-refractivity contribution is 6.00. The van der Waals surface area contributed by atoms with Crippen molar-refractivity contribution in [3.05, 3.63) is 29.3 Å². The SMILES string of the molecule is CC(=O)c1cc(C(=O)OCOC(=O)C(C)(C)C)ccc1O. The lowest BCUT2D eigenvalue weighted by Gasteiger charge is -2.16. The number of phenolic OH excluding ortho intramolecular Hbond substituents is 1. The van der Waals surface area contributed by atoms with Gasteiger partial charge in [-0.3, -0.25) is 9.59 Å². The maximum atomic E-state index is 11.8. The number of aromatic hydroxyl groups is 1. The van der Waals surface area contributed by atoms with Gasteiger partial charge in [-0.2, -0.15) is 0 Å².